The molecule has 4 rings (SSSR count). The fraction of sp³-hybridized carbons (Fsp3) is 0.375. The van der Waals surface area contributed by atoms with E-state index in [2.05, 4.69) is 5.32 Å². The monoisotopic (exact) mass is 438 g/mol. The predicted octanol–water partition coefficient (Wildman–Crippen LogP) is 4.07. The highest BCUT2D eigenvalue weighted by atomic mass is 32.1. The van der Waals surface area contributed by atoms with Gasteiger partial charge in [-0.2, -0.15) is 0 Å². The summed E-state index contributed by atoms with van der Waals surface area (Å²) in [6, 6.07) is 11.5. The van der Waals surface area contributed by atoms with Gasteiger partial charge in [-0.3, -0.25) is 14.4 Å². The molecule has 0 radical (unpaired) electrons. The van der Waals surface area contributed by atoms with Gasteiger partial charge in [0.2, 0.25) is 5.91 Å². The summed E-state index contributed by atoms with van der Waals surface area (Å²) < 4.78 is 0. The van der Waals surface area contributed by atoms with Crippen molar-refractivity contribution in [2.75, 3.05) is 5.32 Å². The van der Waals surface area contributed by atoms with Crippen LogP contribution in [-0.2, 0) is 16.0 Å². The normalized spacial score (nSPS) is 24.3. The Hall–Kier alpha value is -2.93. The number of carboxylic acid groups (broad SMARTS) is 1. The topological polar surface area (TPSA) is 109 Å². The molecule has 2 aliphatic carbocycles. The van der Waals surface area contributed by atoms with Crippen LogP contribution < -0.4 is 11.1 Å². The summed E-state index contributed by atoms with van der Waals surface area (Å²) >= 11 is 1.31. The van der Waals surface area contributed by atoms with Crippen molar-refractivity contribution in [3.05, 3.63) is 63.5 Å². The van der Waals surface area contributed by atoms with Gasteiger partial charge in [-0.15, -0.1) is 11.3 Å². The van der Waals surface area contributed by atoms with Crippen LogP contribution in [0, 0.1) is 23.7 Å². The van der Waals surface area contributed by atoms with Crippen LogP contribution in [0.1, 0.15) is 47.5 Å². The fourth-order valence-electron chi connectivity index (χ4n) is 5.40. The number of hydrogen-bond acceptors (Lipinski definition) is 4. The maximum Gasteiger partial charge on any atom is 0.307 e. The van der Waals surface area contributed by atoms with Crippen LogP contribution >= 0.6 is 11.3 Å². The number of carbonyl (C=O) groups is 3. The number of anilines is 1. The smallest absolute Gasteiger partial charge is 0.307 e. The van der Waals surface area contributed by atoms with Crippen LogP contribution in [0.4, 0.5) is 5.00 Å². The number of fused-ring (bicyclic) bond motifs is 2. The first kappa shape index (κ1) is 21.3. The molecule has 0 saturated heterocycles. The first-order chi connectivity index (χ1) is 14.8. The predicted molar refractivity (Wildman–Crippen MR) is 120 cm³/mol. The average molecular weight is 439 g/mol. The van der Waals surface area contributed by atoms with E-state index >= 15 is 0 Å². The van der Waals surface area contributed by atoms with E-state index < -0.39 is 23.7 Å². The number of nitrogens with two attached hydrogens (primary N) is 1. The third-order valence-corrected chi connectivity index (χ3v) is 7.56. The van der Waals surface area contributed by atoms with Crippen molar-refractivity contribution in [2.45, 2.75) is 33.1 Å². The number of aliphatic carboxylic acids is 1. The largest absolute Gasteiger partial charge is 0.481 e. The molecule has 6 nitrogen and oxygen atoms in total. The second-order valence-corrected chi connectivity index (χ2v) is 9.74. The molecular formula is C24H26N2O4S. The summed E-state index contributed by atoms with van der Waals surface area (Å²) in [5.41, 5.74) is 9.15. The lowest BCUT2D eigenvalue weighted by Crippen LogP contribution is -2.38. The number of nitrogens with one attached hydrogen (secondary N) is 1. The van der Waals surface area contributed by atoms with Crippen molar-refractivity contribution in [1.82, 2.24) is 0 Å². The van der Waals surface area contributed by atoms with Gasteiger partial charge in [0, 0.05) is 11.3 Å². The van der Waals surface area contributed by atoms with Gasteiger partial charge in [0.15, 0.2) is 0 Å². The van der Waals surface area contributed by atoms with Crippen molar-refractivity contribution in [3.63, 3.8) is 0 Å². The van der Waals surface area contributed by atoms with E-state index in [4.69, 9.17) is 5.73 Å². The van der Waals surface area contributed by atoms with Gasteiger partial charge in [0.25, 0.3) is 5.91 Å². The van der Waals surface area contributed by atoms with Crippen molar-refractivity contribution in [1.29, 1.82) is 0 Å². The molecule has 2 saturated carbocycles. The summed E-state index contributed by atoms with van der Waals surface area (Å²) in [4.78, 5) is 38.2. The summed E-state index contributed by atoms with van der Waals surface area (Å²) in [5.74, 6) is -3.40. The molecule has 0 spiro atoms. The molecule has 2 aliphatic rings. The van der Waals surface area contributed by atoms with Gasteiger partial charge in [-0.1, -0.05) is 41.5 Å². The lowest BCUT2D eigenvalue weighted by Gasteiger charge is -2.26. The number of hydrogen-bond donors (Lipinski definition) is 3. The van der Waals surface area contributed by atoms with E-state index in [9.17, 15) is 19.5 Å². The Morgan fingerprint density at radius 3 is 2.32 bits per heavy atom. The van der Waals surface area contributed by atoms with E-state index in [1.54, 1.807) is 6.07 Å². The minimum atomic E-state index is -0.933. The molecule has 4 atom stereocenters. The number of carboxylic acids is 1. The van der Waals surface area contributed by atoms with Gasteiger partial charge < -0.3 is 16.2 Å². The minimum absolute atomic E-state index is 0.0584. The Balaban J connectivity index is 1.61. The van der Waals surface area contributed by atoms with Gasteiger partial charge in [0.1, 0.15) is 5.00 Å². The average Bonchev–Trinajstić information content (AvgIpc) is 3.40. The van der Waals surface area contributed by atoms with Crippen molar-refractivity contribution in [2.24, 2.45) is 29.4 Å². The Morgan fingerprint density at radius 2 is 1.74 bits per heavy atom. The highest BCUT2D eigenvalue weighted by molar-refractivity contribution is 7.16. The first-order valence-corrected chi connectivity index (χ1v) is 11.3. The maximum atomic E-state index is 13.3. The Bertz CT molecular complexity index is 1070. The van der Waals surface area contributed by atoms with Gasteiger partial charge in [0.05, 0.1) is 17.4 Å². The zero-order chi connectivity index (χ0) is 22.3. The van der Waals surface area contributed by atoms with Crippen LogP contribution in [0.5, 0.6) is 0 Å². The quantitative estimate of drug-likeness (QED) is 0.591. The molecule has 0 unspecified atom stereocenters. The molecule has 1 aromatic carbocycles. The number of rotatable bonds is 6. The zero-order valence-electron chi connectivity index (χ0n) is 17.6. The van der Waals surface area contributed by atoms with E-state index in [1.807, 2.05) is 44.2 Å². The van der Waals surface area contributed by atoms with Crippen molar-refractivity contribution < 1.29 is 19.5 Å². The number of benzene rings is 1. The van der Waals surface area contributed by atoms with E-state index in [0.29, 0.717) is 11.4 Å². The minimum Gasteiger partial charge on any atom is -0.481 e. The summed E-state index contributed by atoms with van der Waals surface area (Å²) in [5, 5.41) is 13.1. The second-order valence-electron chi connectivity index (χ2n) is 8.61. The molecule has 2 amide bonds. The van der Waals surface area contributed by atoms with Crippen molar-refractivity contribution in [3.8, 4) is 0 Å². The maximum absolute atomic E-state index is 13.3. The van der Waals surface area contributed by atoms with Gasteiger partial charge >= 0.3 is 5.97 Å². The summed E-state index contributed by atoms with van der Waals surface area (Å²) in [6.45, 7) is 3.97. The highest BCUT2D eigenvalue weighted by Crippen LogP contribution is 2.57. The van der Waals surface area contributed by atoms with E-state index in [0.717, 1.165) is 34.4 Å². The third kappa shape index (κ3) is 3.90. The number of amides is 2. The highest BCUT2D eigenvalue weighted by Gasteiger charge is 2.57. The molecule has 2 fully saturated rings. The molecule has 31 heavy (non-hydrogen) atoms. The molecule has 2 aromatic rings. The number of thiophene rings is 1. The number of carbonyl (C=O) groups excluding carboxylic acids is 2. The van der Waals surface area contributed by atoms with Crippen LogP contribution in [0.25, 0.3) is 0 Å². The van der Waals surface area contributed by atoms with E-state index in [1.165, 1.54) is 11.3 Å². The number of allylic oxidation sites excluding steroid dienone is 2. The fourth-order valence-corrected chi connectivity index (χ4v) is 6.50. The standard InChI is InChI=1S/C24H26N2O4S/c1-12(2)18-15-8-9-16(18)20(24(29)30)19(15)22(28)26-23-17(21(25)27)11-14(31-23)10-13-6-4-3-5-7-13/h3-7,11,15-16,19-20H,8-10H2,1-2H3,(H2,25,27)(H,26,28)(H,29,30)/t15-,16+,19+,20+/m0/s1. The Kier molecular flexibility index (Phi) is 5.71. The first-order valence-electron chi connectivity index (χ1n) is 10.4. The Labute approximate surface area is 185 Å². The lowest BCUT2D eigenvalue weighted by molar-refractivity contribution is -0.148. The molecule has 0 aliphatic heterocycles. The summed E-state index contributed by atoms with van der Waals surface area (Å²) in [6.07, 6.45) is 2.24. The lowest BCUT2D eigenvalue weighted by atomic mass is 9.79. The third-order valence-electron chi connectivity index (χ3n) is 6.51. The second kappa shape index (κ2) is 8.30. The Morgan fingerprint density at radius 1 is 1.10 bits per heavy atom. The van der Waals surface area contributed by atoms with Crippen molar-refractivity contribution >= 4 is 34.1 Å². The molecule has 7 heteroatoms. The summed E-state index contributed by atoms with van der Waals surface area (Å²) in [7, 11) is 0. The van der Waals surface area contributed by atoms with Crippen LogP contribution in [0.15, 0.2) is 47.5 Å². The molecule has 4 N–H and O–H groups in total. The SMILES string of the molecule is CC(C)=C1[C@H]2CC[C@@H]1[C@@H](C(=O)Nc1sc(Cc3ccccc3)cc1C(N)=O)[C@@H]2C(=O)O. The van der Waals surface area contributed by atoms with Gasteiger partial charge in [-0.25, -0.2) is 0 Å². The van der Waals surface area contributed by atoms with Crippen LogP contribution in [-0.4, -0.2) is 22.9 Å². The molecule has 1 heterocycles. The van der Waals surface area contributed by atoms with Gasteiger partial charge in [-0.05, 0) is 50.2 Å². The molecule has 1 aromatic heterocycles. The van der Waals surface area contributed by atoms with Crippen LogP contribution in [0.2, 0.25) is 0 Å². The zero-order valence-corrected chi connectivity index (χ0v) is 18.4. The molecule has 162 valence electrons. The molecule has 2 bridgehead atoms. The molecular weight excluding hydrogens is 412 g/mol. The van der Waals surface area contributed by atoms with E-state index in [-0.39, 0.29) is 23.3 Å². The van der Waals surface area contributed by atoms with Crippen LogP contribution in [0.3, 0.4) is 0 Å². The number of primary amides is 1.